The van der Waals surface area contributed by atoms with Crippen molar-refractivity contribution in [1.82, 2.24) is 9.97 Å². The van der Waals surface area contributed by atoms with Crippen LogP contribution in [0.3, 0.4) is 0 Å². The van der Waals surface area contributed by atoms with Crippen molar-refractivity contribution >= 4 is 17.4 Å². The maximum atomic E-state index is 12.6. The van der Waals surface area contributed by atoms with E-state index in [9.17, 15) is 4.79 Å². The molecule has 0 unspecified atom stereocenters. The van der Waals surface area contributed by atoms with Crippen LogP contribution < -0.4 is 10.6 Å². The molecule has 1 aliphatic carbocycles. The van der Waals surface area contributed by atoms with Crippen LogP contribution in [0.25, 0.3) is 0 Å². The van der Waals surface area contributed by atoms with Gasteiger partial charge in [0.05, 0.1) is 0 Å². The summed E-state index contributed by atoms with van der Waals surface area (Å²) in [4.78, 5) is 21.4. The molecule has 0 spiro atoms. The quantitative estimate of drug-likeness (QED) is 0.867. The predicted molar refractivity (Wildman–Crippen MR) is 101 cm³/mol. The molecule has 2 aromatic rings. The summed E-state index contributed by atoms with van der Waals surface area (Å²) >= 11 is 0. The van der Waals surface area contributed by atoms with Crippen molar-refractivity contribution in [3.63, 3.8) is 0 Å². The second-order valence-electron chi connectivity index (χ2n) is 7.00. The van der Waals surface area contributed by atoms with E-state index in [1.165, 1.54) is 19.3 Å². The molecule has 0 radical (unpaired) electrons. The number of rotatable bonds is 4. The summed E-state index contributed by atoms with van der Waals surface area (Å²) < 4.78 is 0. The molecule has 1 heterocycles. The Labute approximate surface area is 149 Å². The Hall–Kier alpha value is -2.43. The maximum absolute atomic E-state index is 12.6. The van der Waals surface area contributed by atoms with Gasteiger partial charge in [0.15, 0.2) is 0 Å². The third kappa shape index (κ3) is 4.78. The van der Waals surface area contributed by atoms with Crippen LogP contribution in [0, 0.1) is 20.8 Å². The van der Waals surface area contributed by atoms with E-state index in [1.54, 1.807) is 6.07 Å². The zero-order valence-corrected chi connectivity index (χ0v) is 15.2. The van der Waals surface area contributed by atoms with Crippen molar-refractivity contribution < 1.29 is 4.79 Å². The van der Waals surface area contributed by atoms with Crippen molar-refractivity contribution in [2.45, 2.75) is 58.9 Å². The molecular weight excluding hydrogens is 312 g/mol. The SMILES string of the molecule is Cc1cc(C)cc(NC(=O)c2cc(NC3CCCCC3)nc(C)n2)c1. The minimum atomic E-state index is -0.206. The number of hydrogen-bond acceptors (Lipinski definition) is 4. The summed E-state index contributed by atoms with van der Waals surface area (Å²) in [6.07, 6.45) is 6.13. The Morgan fingerprint density at radius 3 is 2.32 bits per heavy atom. The molecule has 5 heteroatoms. The van der Waals surface area contributed by atoms with Gasteiger partial charge in [-0.3, -0.25) is 4.79 Å². The van der Waals surface area contributed by atoms with E-state index in [1.807, 2.05) is 32.9 Å². The van der Waals surface area contributed by atoms with E-state index < -0.39 is 0 Å². The standard InChI is InChI=1S/C20H26N4O/c1-13-9-14(2)11-17(10-13)24-20(25)18-12-19(22-15(3)21-18)23-16-7-5-4-6-8-16/h9-12,16H,4-8H2,1-3H3,(H,24,25)(H,21,22,23). The van der Waals surface area contributed by atoms with Crippen molar-refractivity contribution in [2.75, 3.05) is 10.6 Å². The molecule has 0 atom stereocenters. The van der Waals surface area contributed by atoms with Crippen LogP contribution in [-0.2, 0) is 0 Å². The second kappa shape index (κ2) is 7.64. The van der Waals surface area contributed by atoms with Gasteiger partial charge in [0.1, 0.15) is 17.3 Å². The van der Waals surface area contributed by atoms with E-state index in [4.69, 9.17) is 0 Å². The van der Waals surface area contributed by atoms with Gasteiger partial charge in [-0.05, 0) is 56.9 Å². The Morgan fingerprint density at radius 1 is 0.960 bits per heavy atom. The molecule has 1 saturated carbocycles. The third-order valence-corrected chi connectivity index (χ3v) is 4.51. The number of amides is 1. The molecule has 2 N–H and O–H groups in total. The topological polar surface area (TPSA) is 66.9 Å². The normalized spacial score (nSPS) is 15.0. The second-order valence-corrected chi connectivity index (χ2v) is 7.00. The highest BCUT2D eigenvalue weighted by molar-refractivity contribution is 6.03. The monoisotopic (exact) mass is 338 g/mol. The molecular formula is C20H26N4O. The van der Waals surface area contributed by atoms with Crippen LogP contribution in [0.2, 0.25) is 0 Å². The van der Waals surface area contributed by atoms with Gasteiger partial charge < -0.3 is 10.6 Å². The largest absolute Gasteiger partial charge is 0.367 e. The van der Waals surface area contributed by atoms with E-state index >= 15 is 0 Å². The van der Waals surface area contributed by atoms with Gasteiger partial charge in [-0.25, -0.2) is 9.97 Å². The number of nitrogens with zero attached hydrogens (tertiary/aromatic N) is 2. The molecule has 0 bridgehead atoms. The van der Waals surface area contributed by atoms with E-state index in [-0.39, 0.29) is 5.91 Å². The fourth-order valence-corrected chi connectivity index (χ4v) is 3.46. The van der Waals surface area contributed by atoms with E-state index in [0.717, 1.165) is 35.5 Å². The van der Waals surface area contributed by atoms with Crippen LogP contribution in [0.15, 0.2) is 24.3 Å². The molecule has 0 saturated heterocycles. The van der Waals surface area contributed by atoms with Crippen molar-refractivity contribution in [3.05, 3.63) is 46.9 Å². The van der Waals surface area contributed by atoms with Crippen LogP contribution in [-0.4, -0.2) is 21.9 Å². The Bertz CT molecular complexity index is 746. The van der Waals surface area contributed by atoms with Crippen molar-refractivity contribution in [1.29, 1.82) is 0 Å². The lowest BCUT2D eigenvalue weighted by molar-refractivity contribution is 0.102. The average molecular weight is 338 g/mol. The lowest BCUT2D eigenvalue weighted by Crippen LogP contribution is -2.24. The number of aryl methyl sites for hydroxylation is 3. The van der Waals surface area contributed by atoms with Gasteiger partial charge in [-0.15, -0.1) is 0 Å². The van der Waals surface area contributed by atoms with Gasteiger partial charge in [-0.2, -0.15) is 0 Å². The number of anilines is 2. The highest BCUT2D eigenvalue weighted by Gasteiger charge is 2.16. The number of hydrogen-bond donors (Lipinski definition) is 2. The van der Waals surface area contributed by atoms with Gasteiger partial charge in [0, 0.05) is 17.8 Å². The first kappa shape index (κ1) is 17.4. The molecule has 1 amide bonds. The molecule has 5 nitrogen and oxygen atoms in total. The van der Waals surface area contributed by atoms with Crippen molar-refractivity contribution in [2.24, 2.45) is 0 Å². The first-order valence-electron chi connectivity index (χ1n) is 9.01. The van der Waals surface area contributed by atoms with Gasteiger partial charge in [-0.1, -0.05) is 25.3 Å². The van der Waals surface area contributed by atoms with Crippen LogP contribution in [0.5, 0.6) is 0 Å². The molecule has 1 fully saturated rings. The number of carbonyl (C=O) groups is 1. The zero-order valence-electron chi connectivity index (χ0n) is 15.2. The Kier molecular flexibility index (Phi) is 5.31. The van der Waals surface area contributed by atoms with Gasteiger partial charge in [0.2, 0.25) is 0 Å². The summed E-state index contributed by atoms with van der Waals surface area (Å²) in [5.41, 5.74) is 3.42. The van der Waals surface area contributed by atoms with Crippen LogP contribution in [0.1, 0.15) is 59.5 Å². The smallest absolute Gasteiger partial charge is 0.274 e. The molecule has 1 aromatic heterocycles. The first-order chi connectivity index (χ1) is 12.0. The Balaban J connectivity index is 1.75. The summed E-state index contributed by atoms with van der Waals surface area (Å²) in [6.45, 7) is 5.85. The van der Waals surface area contributed by atoms with Crippen LogP contribution in [0.4, 0.5) is 11.5 Å². The maximum Gasteiger partial charge on any atom is 0.274 e. The highest BCUT2D eigenvalue weighted by atomic mass is 16.1. The molecule has 0 aliphatic heterocycles. The molecule has 1 aromatic carbocycles. The minimum absolute atomic E-state index is 0.206. The molecule has 132 valence electrons. The molecule has 1 aliphatic rings. The average Bonchev–Trinajstić information content (AvgIpc) is 2.54. The minimum Gasteiger partial charge on any atom is -0.367 e. The lowest BCUT2D eigenvalue weighted by atomic mass is 9.95. The zero-order chi connectivity index (χ0) is 17.8. The van der Waals surface area contributed by atoms with E-state index in [0.29, 0.717) is 17.6 Å². The molecule has 25 heavy (non-hydrogen) atoms. The number of carbonyl (C=O) groups excluding carboxylic acids is 1. The highest BCUT2D eigenvalue weighted by Crippen LogP contribution is 2.21. The predicted octanol–water partition coefficient (Wildman–Crippen LogP) is 4.40. The number of nitrogens with one attached hydrogen (secondary N) is 2. The van der Waals surface area contributed by atoms with Crippen molar-refractivity contribution in [3.8, 4) is 0 Å². The fourth-order valence-electron chi connectivity index (χ4n) is 3.46. The summed E-state index contributed by atoms with van der Waals surface area (Å²) in [5.74, 6) is 1.14. The van der Waals surface area contributed by atoms with Gasteiger partial charge in [0.25, 0.3) is 5.91 Å². The number of benzene rings is 1. The van der Waals surface area contributed by atoms with E-state index in [2.05, 4.69) is 26.7 Å². The number of aromatic nitrogens is 2. The van der Waals surface area contributed by atoms with Crippen LogP contribution >= 0.6 is 0 Å². The first-order valence-corrected chi connectivity index (χ1v) is 9.01. The lowest BCUT2D eigenvalue weighted by Gasteiger charge is -2.23. The summed E-state index contributed by atoms with van der Waals surface area (Å²) in [6, 6.07) is 8.19. The molecule has 3 rings (SSSR count). The summed E-state index contributed by atoms with van der Waals surface area (Å²) in [7, 11) is 0. The Morgan fingerprint density at radius 2 is 1.64 bits per heavy atom. The third-order valence-electron chi connectivity index (χ3n) is 4.51. The summed E-state index contributed by atoms with van der Waals surface area (Å²) in [5, 5.41) is 6.41. The van der Waals surface area contributed by atoms with Gasteiger partial charge >= 0.3 is 0 Å². The fraction of sp³-hybridized carbons (Fsp3) is 0.450.